The third-order valence-corrected chi connectivity index (χ3v) is 5.47. The second-order valence-corrected chi connectivity index (χ2v) is 7.51. The first-order chi connectivity index (χ1) is 10.8. The summed E-state index contributed by atoms with van der Waals surface area (Å²) in [4.78, 5) is 16.3. The number of nitrogens with two attached hydrogens (primary N) is 1. The summed E-state index contributed by atoms with van der Waals surface area (Å²) in [6, 6.07) is 6.54. The van der Waals surface area contributed by atoms with Crippen LogP contribution in [-0.4, -0.2) is 17.5 Å². The Morgan fingerprint density at radius 2 is 2.04 bits per heavy atom. The summed E-state index contributed by atoms with van der Waals surface area (Å²) >= 11 is 2.99. The van der Waals surface area contributed by atoms with Crippen LogP contribution in [-0.2, 0) is 11.2 Å². The van der Waals surface area contributed by atoms with Crippen molar-refractivity contribution in [3.05, 3.63) is 40.4 Å². The van der Waals surface area contributed by atoms with Gasteiger partial charge in [-0.05, 0) is 31.5 Å². The van der Waals surface area contributed by atoms with Gasteiger partial charge in [-0.3, -0.25) is 4.79 Å². The number of ether oxygens (including phenoxy) is 1. The van der Waals surface area contributed by atoms with Gasteiger partial charge in [0.1, 0.15) is 5.75 Å². The maximum atomic E-state index is 12.1. The number of primary amides is 1. The van der Waals surface area contributed by atoms with Crippen LogP contribution in [0.25, 0.3) is 0 Å². The highest BCUT2D eigenvalue weighted by molar-refractivity contribution is 8.01. The van der Waals surface area contributed by atoms with Gasteiger partial charge >= 0.3 is 6.61 Å². The molecule has 0 aliphatic heterocycles. The molecule has 0 saturated heterocycles. The first kappa shape index (κ1) is 17.7. The summed E-state index contributed by atoms with van der Waals surface area (Å²) in [6.45, 7) is 1.02. The zero-order valence-electron chi connectivity index (χ0n) is 12.6. The normalized spacial score (nSPS) is 12.4. The highest BCUT2D eigenvalue weighted by Gasteiger charge is 2.15. The van der Waals surface area contributed by atoms with Gasteiger partial charge in [-0.2, -0.15) is 8.78 Å². The molecule has 0 fully saturated rings. The van der Waals surface area contributed by atoms with Gasteiger partial charge in [-0.1, -0.05) is 23.9 Å². The molecule has 1 aromatic heterocycles. The molecule has 2 rings (SSSR count). The van der Waals surface area contributed by atoms with Crippen LogP contribution in [0.2, 0.25) is 0 Å². The van der Waals surface area contributed by atoms with E-state index in [-0.39, 0.29) is 23.3 Å². The van der Waals surface area contributed by atoms with Crippen LogP contribution in [0.1, 0.15) is 28.3 Å². The molecule has 1 atom stereocenters. The predicted octanol–water partition coefficient (Wildman–Crippen LogP) is 3.93. The SMILES string of the molecule is Cc1nc(S[C@H](C)c2ccc(OC(F)F)cc2)sc1CC(N)=O. The van der Waals surface area contributed by atoms with Crippen molar-refractivity contribution in [1.82, 2.24) is 4.98 Å². The third kappa shape index (κ3) is 5.18. The van der Waals surface area contributed by atoms with E-state index < -0.39 is 6.61 Å². The van der Waals surface area contributed by atoms with E-state index in [2.05, 4.69) is 9.72 Å². The lowest BCUT2D eigenvalue weighted by Gasteiger charge is -2.11. The Labute approximate surface area is 141 Å². The van der Waals surface area contributed by atoms with Crippen LogP contribution in [0.15, 0.2) is 28.6 Å². The molecule has 4 nitrogen and oxygen atoms in total. The van der Waals surface area contributed by atoms with Crippen LogP contribution < -0.4 is 10.5 Å². The van der Waals surface area contributed by atoms with E-state index in [4.69, 9.17) is 5.73 Å². The van der Waals surface area contributed by atoms with E-state index in [1.54, 1.807) is 23.9 Å². The zero-order valence-corrected chi connectivity index (χ0v) is 14.2. The summed E-state index contributed by atoms with van der Waals surface area (Å²) in [6.07, 6.45) is 0.193. The predicted molar refractivity (Wildman–Crippen MR) is 87.1 cm³/mol. The van der Waals surface area contributed by atoms with E-state index >= 15 is 0 Å². The van der Waals surface area contributed by atoms with Crippen molar-refractivity contribution in [1.29, 1.82) is 0 Å². The molecule has 2 aromatic rings. The fourth-order valence-corrected chi connectivity index (χ4v) is 4.43. The number of carbonyl (C=O) groups excluding carboxylic acids is 1. The van der Waals surface area contributed by atoms with Gasteiger partial charge < -0.3 is 10.5 Å². The van der Waals surface area contributed by atoms with E-state index in [9.17, 15) is 13.6 Å². The number of aromatic nitrogens is 1. The zero-order chi connectivity index (χ0) is 17.0. The average molecular weight is 358 g/mol. The maximum Gasteiger partial charge on any atom is 0.387 e. The van der Waals surface area contributed by atoms with Crippen LogP contribution in [0.3, 0.4) is 0 Å². The quantitative estimate of drug-likeness (QED) is 0.762. The Morgan fingerprint density at radius 1 is 1.39 bits per heavy atom. The number of nitrogens with zero attached hydrogens (tertiary/aromatic N) is 1. The first-order valence-corrected chi connectivity index (χ1v) is 8.50. The molecule has 0 bridgehead atoms. The van der Waals surface area contributed by atoms with E-state index in [0.29, 0.717) is 0 Å². The molecule has 1 heterocycles. The van der Waals surface area contributed by atoms with Gasteiger partial charge in [0.15, 0.2) is 4.34 Å². The van der Waals surface area contributed by atoms with E-state index in [1.807, 2.05) is 13.8 Å². The average Bonchev–Trinajstić information content (AvgIpc) is 2.78. The van der Waals surface area contributed by atoms with Gasteiger partial charge in [-0.25, -0.2) is 4.98 Å². The second kappa shape index (κ2) is 7.74. The van der Waals surface area contributed by atoms with Crippen molar-refractivity contribution >= 4 is 29.0 Å². The third-order valence-electron chi connectivity index (χ3n) is 3.06. The number of benzene rings is 1. The Bertz CT molecular complexity index is 675. The maximum absolute atomic E-state index is 12.1. The lowest BCUT2D eigenvalue weighted by atomic mass is 10.2. The van der Waals surface area contributed by atoms with Crippen molar-refractivity contribution in [3.8, 4) is 5.75 Å². The smallest absolute Gasteiger partial charge is 0.387 e. The van der Waals surface area contributed by atoms with Crippen molar-refractivity contribution in [2.75, 3.05) is 0 Å². The minimum Gasteiger partial charge on any atom is -0.435 e. The van der Waals surface area contributed by atoms with Crippen molar-refractivity contribution in [2.45, 2.75) is 36.5 Å². The van der Waals surface area contributed by atoms with Crippen LogP contribution in [0.4, 0.5) is 8.78 Å². The molecule has 0 spiro atoms. The molecule has 0 unspecified atom stereocenters. The molecule has 1 aromatic carbocycles. The van der Waals surface area contributed by atoms with Gasteiger partial charge in [0.25, 0.3) is 0 Å². The monoisotopic (exact) mass is 358 g/mol. The Balaban J connectivity index is 2.03. The van der Waals surface area contributed by atoms with Crippen molar-refractivity contribution in [3.63, 3.8) is 0 Å². The second-order valence-electron chi connectivity index (χ2n) is 4.84. The van der Waals surface area contributed by atoms with E-state index in [1.165, 1.54) is 23.5 Å². The highest BCUT2D eigenvalue weighted by atomic mass is 32.2. The molecule has 0 radical (unpaired) electrons. The highest BCUT2D eigenvalue weighted by Crippen LogP contribution is 2.38. The van der Waals surface area contributed by atoms with Gasteiger partial charge in [0.05, 0.1) is 12.1 Å². The molecular weight excluding hydrogens is 342 g/mol. The summed E-state index contributed by atoms with van der Waals surface area (Å²) in [5, 5.41) is 0.0857. The number of thioether (sulfide) groups is 1. The summed E-state index contributed by atoms with van der Waals surface area (Å²) in [7, 11) is 0. The first-order valence-electron chi connectivity index (χ1n) is 6.81. The van der Waals surface area contributed by atoms with Gasteiger partial charge in [0.2, 0.25) is 5.91 Å². The molecule has 23 heavy (non-hydrogen) atoms. The standard InChI is InChI=1S/C15H16F2N2O2S2/c1-8-12(7-13(18)20)23-15(19-8)22-9(2)10-3-5-11(6-4-10)21-14(16)17/h3-6,9,14H,7H2,1-2H3,(H2,18,20)/t9-/m1/s1. The van der Waals surface area contributed by atoms with Crippen LogP contribution in [0, 0.1) is 6.92 Å². The lowest BCUT2D eigenvalue weighted by Crippen LogP contribution is -2.13. The number of carbonyl (C=O) groups is 1. The number of amides is 1. The molecule has 2 N–H and O–H groups in total. The minimum atomic E-state index is -2.82. The molecule has 8 heteroatoms. The fourth-order valence-electron chi connectivity index (χ4n) is 1.91. The topological polar surface area (TPSA) is 65.2 Å². The van der Waals surface area contributed by atoms with E-state index in [0.717, 1.165) is 20.5 Å². The fraction of sp³-hybridized carbons (Fsp3) is 0.333. The minimum absolute atomic E-state index is 0.0857. The summed E-state index contributed by atoms with van der Waals surface area (Å²) < 4.78 is 29.4. The van der Waals surface area contributed by atoms with Gasteiger partial charge in [-0.15, -0.1) is 11.3 Å². The summed E-state index contributed by atoms with van der Waals surface area (Å²) in [5.41, 5.74) is 6.99. The van der Waals surface area contributed by atoms with Crippen molar-refractivity contribution < 1.29 is 18.3 Å². The van der Waals surface area contributed by atoms with Crippen LogP contribution in [0.5, 0.6) is 5.75 Å². The molecule has 0 saturated carbocycles. The van der Waals surface area contributed by atoms with Crippen molar-refractivity contribution in [2.24, 2.45) is 5.73 Å². The molecule has 0 aliphatic rings. The number of hydrogen-bond acceptors (Lipinski definition) is 5. The Hall–Kier alpha value is -1.67. The number of alkyl halides is 2. The number of rotatable bonds is 7. The summed E-state index contributed by atoms with van der Waals surface area (Å²) in [5.74, 6) is -0.245. The lowest BCUT2D eigenvalue weighted by molar-refractivity contribution is -0.117. The number of thiazole rings is 1. The molecule has 0 aliphatic carbocycles. The number of hydrogen-bond donors (Lipinski definition) is 1. The number of halogens is 2. The van der Waals surface area contributed by atoms with Crippen LogP contribution >= 0.6 is 23.1 Å². The molecule has 1 amide bonds. The number of aryl methyl sites for hydroxylation is 1. The Morgan fingerprint density at radius 3 is 2.61 bits per heavy atom. The Kier molecular flexibility index (Phi) is 5.95. The molecule has 124 valence electrons. The van der Waals surface area contributed by atoms with Gasteiger partial charge in [0, 0.05) is 10.1 Å². The molecular formula is C15H16F2N2O2S2. The largest absolute Gasteiger partial charge is 0.435 e.